The molecule has 0 amide bonds. The number of hydrogen-bond acceptors (Lipinski definition) is 5. The molecule has 1 aromatic carbocycles. The summed E-state index contributed by atoms with van der Waals surface area (Å²) in [5.41, 5.74) is 1.69. The highest BCUT2D eigenvalue weighted by Crippen LogP contribution is 2.19. The molecule has 0 aliphatic rings. The van der Waals surface area contributed by atoms with Gasteiger partial charge in [0.25, 0.3) is 0 Å². The highest BCUT2D eigenvalue weighted by Gasteiger charge is 2.07. The van der Waals surface area contributed by atoms with E-state index in [9.17, 15) is 0 Å². The highest BCUT2D eigenvalue weighted by molar-refractivity contribution is 5.33. The van der Waals surface area contributed by atoms with Gasteiger partial charge in [-0.05, 0) is 18.1 Å². The Labute approximate surface area is 111 Å². The van der Waals surface area contributed by atoms with Crippen molar-refractivity contribution in [2.24, 2.45) is 0 Å². The summed E-state index contributed by atoms with van der Waals surface area (Å²) < 4.78 is 15.7. The van der Waals surface area contributed by atoms with E-state index >= 15 is 0 Å². The molecule has 2 rings (SSSR count). The van der Waals surface area contributed by atoms with Crippen molar-refractivity contribution < 1.29 is 19.1 Å². The number of aliphatic hydroxyl groups is 1. The molecule has 0 saturated heterocycles. The van der Waals surface area contributed by atoms with Crippen LogP contribution in [0.25, 0.3) is 0 Å². The SMILES string of the molecule is COCc1cc(COc2ccccc2CCO)no1. The average molecular weight is 263 g/mol. The van der Waals surface area contributed by atoms with E-state index in [0.29, 0.717) is 31.1 Å². The minimum atomic E-state index is 0.0995. The van der Waals surface area contributed by atoms with Gasteiger partial charge in [-0.15, -0.1) is 0 Å². The molecule has 102 valence electrons. The molecule has 0 radical (unpaired) electrons. The summed E-state index contributed by atoms with van der Waals surface area (Å²) in [4.78, 5) is 0. The molecule has 1 heterocycles. The number of ether oxygens (including phenoxy) is 2. The Kier molecular flexibility index (Phi) is 4.94. The van der Waals surface area contributed by atoms with Gasteiger partial charge in [0, 0.05) is 19.8 Å². The molecular weight excluding hydrogens is 246 g/mol. The van der Waals surface area contributed by atoms with Crippen molar-refractivity contribution in [1.29, 1.82) is 0 Å². The fraction of sp³-hybridized carbons (Fsp3) is 0.357. The summed E-state index contributed by atoms with van der Waals surface area (Å²) >= 11 is 0. The summed E-state index contributed by atoms with van der Waals surface area (Å²) in [5.74, 6) is 1.43. The summed E-state index contributed by atoms with van der Waals surface area (Å²) in [6, 6.07) is 9.43. The minimum absolute atomic E-state index is 0.0995. The van der Waals surface area contributed by atoms with Gasteiger partial charge in [0.2, 0.25) is 0 Å². The van der Waals surface area contributed by atoms with Gasteiger partial charge in [0.1, 0.15) is 24.7 Å². The van der Waals surface area contributed by atoms with Crippen molar-refractivity contribution in [3.8, 4) is 5.75 Å². The normalized spacial score (nSPS) is 10.6. The maximum absolute atomic E-state index is 8.99. The number of hydrogen-bond donors (Lipinski definition) is 1. The third-order valence-corrected chi connectivity index (χ3v) is 2.62. The van der Waals surface area contributed by atoms with E-state index in [2.05, 4.69) is 5.16 Å². The van der Waals surface area contributed by atoms with E-state index in [-0.39, 0.29) is 6.61 Å². The first-order chi connectivity index (χ1) is 9.33. The van der Waals surface area contributed by atoms with Crippen LogP contribution in [-0.4, -0.2) is 24.0 Å². The Bertz CT molecular complexity index is 510. The standard InChI is InChI=1S/C14H17NO4/c1-17-10-13-8-12(15-19-13)9-18-14-5-3-2-4-11(14)6-7-16/h2-5,8,16H,6-7,9-10H2,1H3. The van der Waals surface area contributed by atoms with Gasteiger partial charge in [-0.2, -0.15) is 0 Å². The molecule has 0 atom stereocenters. The Morgan fingerprint density at radius 1 is 1.26 bits per heavy atom. The van der Waals surface area contributed by atoms with Crippen LogP contribution in [0.4, 0.5) is 0 Å². The Hall–Kier alpha value is -1.85. The topological polar surface area (TPSA) is 64.7 Å². The minimum Gasteiger partial charge on any atom is -0.487 e. The van der Waals surface area contributed by atoms with Gasteiger partial charge in [-0.3, -0.25) is 0 Å². The number of rotatable bonds is 7. The number of benzene rings is 1. The second kappa shape index (κ2) is 6.92. The Morgan fingerprint density at radius 3 is 2.89 bits per heavy atom. The summed E-state index contributed by atoms with van der Waals surface area (Å²) in [6.45, 7) is 0.825. The molecule has 5 nitrogen and oxygen atoms in total. The summed E-state index contributed by atoms with van der Waals surface area (Å²) in [7, 11) is 1.60. The molecule has 0 spiro atoms. The first-order valence-corrected chi connectivity index (χ1v) is 6.08. The van der Waals surface area contributed by atoms with Crippen LogP contribution in [0.15, 0.2) is 34.9 Å². The molecule has 0 aliphatic heterocycles. The fourth-order valence-electron chi connectivity index (χ4n) is 1.76. The molecule has 0 aliphatic carbocycles. The van der Waals surface area contributed by atoms with Gasteiger partial charge in [-0.1, -0.05) is 23.4 Å². The lowest BCUT2D eigenvalue weighted by atomic mass is 10.1. The molecule has 0 fully saturated rings. The third kappa shape index (κ3) is 3.81. The monoisotopic (exact) mass is 263 g/mol. The van der Waals surface area contributed by atoms with Crippen LogP contribution in [0, 0.1) is 0 Å². The Morgan fingerprint density at radius 2 is 2.11 bits per heavy atom. The maximum atomic E-state index is 8.99. The molecule has 5 heteroatoms. The lowest BCUT2D eigenvalue weighted by molar-refractivity contribution is 0.155. The average Bonchev–Trinajstić information content (AvgIpc) is 2.86. The van der Waals surface area contributed by atoms with Crippen LogP contribution >= 0.6 is 0 Å². The van der Waals surface area contributed by atoms with Crippen LogP contribution in [0.2, 0.25) is 0 Å². The second-order valence-electron chi connectivity index (χ2n) is 4.09. The van der Waals surface area contributed by atoms with E-state index in [4.69, 9.17) is 19.1 Å². The fourth-order valence-corrected chi connectivity index (χ4v) is 1.76. The molecule has 19 heavy (non-hydrogen) atoms. The quantitative estimate of drug-likeness (QED) is 0.827. The van der Waals surface area contributed by atoms with Gasteiger partial charge in [0.15, 0.2) is 5.76 Å². The molecular formula is C14H17NO4. The molecule has 1 aromatic heterocycles. The smallest absolute Gasteiger partial charge is 0.162 e. The van der Waals surface area contributed by atoms with Gasteiger partial charge >= 0.3 is 0 Å². The van der Waals surface area contributed by atoms with Crippen molar-refractivity contribution in [3.63, 3.8) is 0 Å². The number of methoxy groups -OCH3 is 1. The number of para-hydroxylation sites is 1. The molecule has 1 N–H and O–H groups in total. The van der Waals surface area contributed by atoms with Crippen molar-refractivity contribution in [2.45, 2.75) is 19.6 Å². The molecule has 0 unspecified atom stereocenters. The predicted octanol–water partition coefficient (Wildman–Crippen LogP) is 1.93. The largest absolute Gasteiger partial charge is 0.487 e. The second-order valence-corrected chi connectivity index (χ2v) is 4.09. The maximum Gasteiger partial charge on any atom is 0.162 e. The predicted molar refractivity (Wildman–Crippen MR) is 68.8 cm³/mol. The summed E-state index contributed by atoms with van der Waals surface area (Å²) in [6.07, 6.45) is 0.573. The van der Waals surface area contributed by atoms with E-state index in [1.54, 1.807) is 13.2 Å². The highest BCUT2D eigenvalue weighted by atomic mass is 16.5. The zero-order valence-corrected chi connectivity index (χ0v) is 10.8. The first-order valence-electron chi connectivity index (χ1n) is 6.08. The van der Waals surface area contributed by atoms with Crippen LogP contribution < -0.4 is 4.74 Å². The van der Waals surface area contributed by atoms with E-state index in [1.807, 2.05) is 24.3 Å². The zero-order valence-electron chi connectivity index (χ0n) is 10.8. The van der Waals surface area contributed by atoms with Crippen LogP contribution in [-0.2, 0) is 24.4 Å². The van der Waals surface area contributed by atoms with Crippen molar-refractivity contribution in [2.75, 3.05) is 13.7 Å². The molecule has 0 saturated carbocycles. The van der Waals surface area contributed by atoms with Crippen molar-refractivity contribution >= 4 is 0 Å². The number of aromatic nitrogens is 1. The molecule has 2 aromatic rings. The third-order valence-electron chi connectivity index (χ3n) is 2.62. The van der Waals surface area contributed by atoms with Crippen LogP contribution in [0.5, 0.6) is 5.75 Å². The van der Waals surface area contributed by atoms with E-state index < -0.39 is 0 Å². The lowest BCUT2D eigenvalue weighted by Gasteiger charge is -2.08. The first kappa shape index (κ1) is 13.6. The Balaban J connectivity index is 1.97. The lowest BCUT2D eigenvalue weighted by Crippen LogP contribution is -2.00. The van der Waals surface area contributed by atoms with Crippen LogP contribution in [0.1, 0.15) is 17.0 Å². The summed E-state index contributed by atoms with van der Waals surface area (Å²) in [5, 5.41) is 12.9. The number of nitrogens with zero attached hydrogens (tertiary/aromatic N) is 1. The van der Waals surface area contributed by atoms with E-state index in [1.165, 1.54) is 0 Å². The zero-order chi connectivity index (χ0) is 13.5. The molecule has 0 bridgehead atoms. The van der Waals surface area contributed by atoms with Crippen molar-refractivity contribution in [3.05, 3.63) is 47.3 Å². The van der Waals surface area contributed by atoms with Gasteiger partial charge in [-0.25, -0.2) is 0 Å². The van der Waals surface area contributed by atoms with Gasteiger partial charge < -0.3 is 19.1 Å². The van der Waals surface area contributed by atoms with Crippen molar-refractivity contribution in [1.82, 2.24) is 5.16 Å². The number of aliphatic hydroxyl groups excluding tert-OH is 1. The van der Waals surface area contributed by atoms with Gasteiger partial charge in [0.05, 0.1) is 0 Å². The van der Waals surface area contributed by atoms with Crippen LogP contribution in [0.3, 0.4) is 0 Å². The van der Waals surface area contributed by atoms with E-state index in [0.717, 1.165) is 11.3 Å².